The van der Waals surface area contributed by atoms with E-state index in [2.05, 4.69) is 9.97 Å². The van der Waals surface area contributed by atoms with E-state index in [0.29, 0.717) is 30.2 Å². The van der Waals surface area contributed by atoms with Gasteiger partial charge in [0.25, 0.3) is 5.91 Å². The lowest BCUT2D eigenvalue weighted by Crippen LogP contribution is -2.29. The summed E-state index contributed by atoms with van der Waals surface area (Å²) in [6, 6.07) is 12.2. The molecule has 1 N–H and O–H groups in total. The van der Waals surface area contributed by atoms with Gasteiger partial charge in [-0.3, -0.25) is 4.79 Å². The zero-order chi connectivity index (χ0) is 22.0. The number of benzene rings is 2. The van der Waals surface area contributed by atoms with Crippen molar-refractivity contribution in [3.63, 3.8) is 0 Å². The molecule has 3 aromatic rings. The van der Waals surface area contributed by atoms with E-state index in [1.54, 1.807) is 36.3 Å². The Hall–Kier alpha value is -3.81. The number of rotatable bonds is 6. The molecular formula is C23H23N3O5. The lowest BCUT2D eigenvalue weighted by atomic mass is 10.2. The lowest BCUT2D eigenvalue weighted by Gasteiger charge is -2.15. The number of carbonyl (C=O) groups excluding carboxylic acids is 2. The van der Waals surface area contributed by atoms with E-state index in [-0.39, 0.29) is 11.5 Å². The number of esters is 1. The highest BCUT2D eigenvalue weighted by Gasteiger charge is 2.31. The predicted molar refractivity (Wildman–Crippen MR) is 113 cm³/mol. The summed E-state index contributed by atoms with van der Waals surface area (Å²) in [5.74, 6) is 1.52. The van der Waals surface area contributed by atoms with Crippen molar-refractivity contribution in [3.8, 4) is 28.6 Å². The van der Waals surface area contributed by atoms with Gasteiger partial charge >= 0.3 is 5.97 Å². The van der Waals surface area contributed by atoms with Crippen LogP contribution in [0, 0.1) is 6.92 Å². The van der Waals surface area contributed by atoms with E-state index in [9.17, 15) is 9.59 Å². The molecule has 4 rings (SSSR count). The Bertz CT molecular complexity index is 1110. The second kappa shape index (κ2) is 8.51. The second-order valence-corrected chi connectivity index (χ2v) is 7.38. The highest BCUT2D eigenvalue weighted by Crippen LogP contribution is 2.30. The van der Waals surface area contributed by atoms with Crippen LogP contribution in [0.3, 0.4) is 0 Å². The Kier molecular flexibility index (Phi) is 5.62. The zero-order valence-corrected chi connectivity index (χ0v) is 17.5. The summed E-state index contributed by atoms with van der Waals surface area (Å²) >= 11 is 0. The summed E-state index contributed by atoms with van der Waals surface area (Å²) in [6.45, 7) is 2.57. The van der Waals surface area contributed by atoms with Crippen molar-refractivity contribution < 1.29 is 23.8 Å². The fourth-order valence-corrected chi connectivity index (χ4v) is 3.37. The van der Waals surface area contributed by atoms with Gasteiger partial charge in [-0.2, -0.15) is 0 Å². The summed E-state index contributed by atoms with van der Waals surface area (Å²) in [4.78, 5) is 33.4. The molecule has 0 aliphatic carbocycles. The molecule has 0 spiro atoms. The number of ether oxygens (including phenoxy) is 3. The average Bonchev–Trinajstić information content (AvgIpc) is 3.34. The van der Waals surface area contributed by atoms with Crippen LogP contribution in [0.25, 0.3) is 11.4 Å². The fraction of sp³-hybridized carbons (Fsp3) is 0.261. The van der Waals surface area contributed by atoms with E-state index in [0.717, 1.165) is 17.1 Å². The topological polar surface area (TPSA) is 93.8 Å². The average molecular weight is 421 g/mol. The summed E-state index contributed by atoms with van der Waals surface area (Å²) in [5.41, 5.74) is 2.18. The number of likely N-dealkylation sites (N-methyl/N-ethyl adjacent to an activating group) is 1. The second-order valence-electron chi connectivity index (χ2n) is 7.38. The minimum absolute atomic E-state index is 0.0882. The first-order valence-corrected chi connectivity index (χ1v) is 9.88. The molecule has 8 heteroatoms. The first kappa shape index (κ1) is 20.5. The molecule has 1 fully saturated rings. The molecule has 160 valence electrons. The van der Waals surface area contributed by atoms with E-state index < -0.39 is 12.1 Å². The highest BCUT2D eigenvalue weighted by atomic mass is 16.5. The summed E-state index contributed by atoms with van der Waals surface area (Å²) in [6.07, 6.45) is 1.77. The summed E-state index contributed by atoms with van der Waals surface area (Å²) in [7, 11) is 3.04. The van der Waals surface area contributed by atoms with Gasteiger partial charge in [0, 0.05) is 43.5 Å². The standard InChI is InChI=1S/C23H23N3O5/c1-14-13-24-21(25-14)15-4-6-17(7-5-15)30-18-10-16(23(28)29-3)11-19(12-18)31-20-8-9-26(2)22(20)27/h4-7,10-13,20H,8-9H2,1-3H3,(H,24,25)/t20-/m0/s1. The molecule has 1 atom stereocenters. The Morgan fingerprint density at radius 3 is 2.48 bits per heavy atom. The first-order chi connectivity index (χ1) is 14.9. The molecule has 1 aliphatic heterocycles. The van der Waals surface area contributed by atoms with Gasteiger partial charge in [0.2, 0.25) is 0 Å². The van der Waals surface area contributed by atoms with Crippen molar-refractivity contribution >= 4 is 11.9 Å². The predicted octanol–water partition coefficient (Wildman–Crippen LogP) is 3.57. The number of H-pyrrole nitrogens is 1. The Morgan fingerprint density at radius 2 is 1.87 bits per heavy atom. The molecule has 1 saturated heterocycles. The van der Waals surface area contributed by atoms with E-state index in [4.69, 9.17) is 14.2 Å². The number of nitrogens with zero attached hydrogens (tertiary/aromatic N) is 2. The molecule has 2 aromatic carbocycles. The minimum Gasteiger partial charge on any atom is -0.480 e. The number of amides is 1. The third-order valence-electron chi connectivity index (χ3n) is 5.02. The lowest BCUT2D eigenvalue weighted by molar-refractivity contribution is -0.132. The highest BCUT2D eigenvalue weighted by molar-refractivity contribution is 5.90. The molecule has 31 heavy (non-hydrogen) atoms. The quantitative estimate of drug-likeness (QED) is 0.612. The van der Waals surface area contributed by atoms with Crippen LogP contribution in [0.5, 0.6) is 17.2 Å². The number of likely N-dealkylation sites (tertiary alicyclic amines) is 1. The van der Waals surface area contributed by atoms with Crippen LogP contribution < -0.4 is 9.47 Å². The fourth-order valence-electron chi connectivity index (χ4n) is 3.37. The number of aromatic amines is 1. The van der Waals surface area contributed by atoms with Crippen molar-refractivity contribution in [2.45, 2.75) is 19.4 Å². The third-order valence-corrected chi connectivity index (χ3v) is 5.02. The number of nitrogens with one attached hydrogen (secondary N) is 1. The van der Waals surface area contributed by atoms with Crippen LogP contribution in [-0.4, -0.2) is 53.6 Å². The third kappa shape index (κ3) is 4.53. The normalized spacial score (nSPS) is 15.8. The van der Waals surface area contributed by atoms with Gasteiger partial charge in [-0.1, -0.05) is 0 Å². The Labute approximate surface area is 179 Å². The molecule has 8 nitrogen and oxygen atoms in total. The number of hydrogen-bond acceptors (Lipinski definition) is 6. The summed E-state index contributed by atoms with van der Waals surface area (Å²) in [5, 5.41) is 0. The van der Waals surface area contributed by atoms with Crippen molar-refractivity contribution in [1.29, 1.82) is 0 Å². The van der Waals surface area contributed by atoms with Crippen LogP contribution in [-0.2, 0) is 9.53 Å². The van der Waals surface area contributed by atoms with Crippen molar-refractivity contribution in [2.75, 3.05) is 20.7 Å². The monoisotopic (exact) mass is 421 g/mol. The number of hydrogen-bond donors (Lipinski definition) is 1. The largest absolute Gasteiger partial charge is 0.480 e. The number of methoxy groups -OCH3 is 1. The minimum atomic E-state index is -0.582. The van der Waals surface area contributed by atoms with E-state index in [1.807, 2.05) is 31.2 Å². The maximum Gasteiger partial charge on any atom is 0.338 e. The number of aromatic nitrogens is 2. The van der Waals surface area contributed by atoms with Crippen molar-refractivity contribution in [2.24, 2.45) is 0 Å². The Morgan fingerprint density at radius 1 is 1.13 bits per heavy atom. The van der Waals surface area contributed by atoms with Crippen molar-refractivity contribution in [1.82, 2.24) is 14.9 Å². The van der Waals surface area contributed by atoms with Crippen molar-refractivity contribution in [3.05, 3.63) is 59.9 Å². The number of aryl methyl sites for hydroxylation is 1. The number of imidazole rings is 1. The van der Waals surface area contributed by atoms with Crippen LogP contribution >= 0.6 is 0 Å². The van der Waals surface area contributed by atoms with Crippen LogP contribution in [0.2, 0.25) is 0 Å². The van der Waals surface area contributed by atoms with Crippen LogP contribution in [0.4, 0.5) is 0 Å². The first-order valence-electron chi connectivity index (χ1n) is 9.88. The van der Waals surface area contributed by atoms with Crippen LogP contribution in [0.15, 0.2) is 48.7 Å². The van der Waals surface area contributed by atoms with Gasteiger partial charge in [-0.25, -0.2) is 9.78 Å². The molecule has 1 amide bonds. The maximum atomic E-state index is 12.2. The molecular weight excluding hydrogens is 398 g/mol. The molecule has 0 saturated carbocycles. The molecule has 2 heterocycles. The molecule has 1 aliphatic rings. The SMILES string of the molecule is COC(=O)c1cc(Oc2ccc(-c3ncc(C)[nH]3)cc2)cc(O[C@H]2CCN(C)C2=O)c1. The maximum absolute atomic E-state index is 12.2. The van der Waals surface area contributed by atoms with Gasteiger partial charge in [-0.15, -0.1) is 0 Å². The summed E-state index contributed by atoms with van der Waals surface area (Å²) < 4.78 is 16.6. The van der Waals surface area contributed by atoms with Gasteiger partial charge in [0.1, 0.15) is 23.1 Å². The van der Waals surface area contributed by atoms with Gasteiger partial charge in [0.15, 0.2) is 6.10 Å². The van der Waals surface area contributed by atoms with Crippen LogP contribution in [0.1, 0.15) is 22.5 Å². The Balaban J connectivity index is 1.56. The van der Waals surface area contributed by atoms with E-state index >= 15 is 0 Å². The molecule has 0 bridgehead atoms. The van der Waals surface area contributed by atoms with Gasteiger partial charge < -0.3 is 24.1 Å². The van der Waals surface area contributed by atoms with E-state index in [1.165, 1.54) is 7.11 Å². The zero-order valence-electron chi connectivity index (χ0n) is 17.5. The smallest absolute Gasteiger partial charge is 0.338 e. The molecule has 1 aromatic heterocycles. The molecule has 0 radical (unpaired) electrons. The number of carbonyl (C=O) groups is 2. The van der Waals surface area contributed by atoms with Gasteiger partial charge in [0.05, 0.1) is 12.7 Å². The van der Waals surface area contributed by atoms with Gasteiger partial charge in [-0.05, 0) is 43.3 Å². The molecule has 0 unspecified atom stereocenters.